The zero-order chi connectivity index (χ0) is 25.9. The van der Waals surface area contributed by atoms with Crippen LogP contribution in [0.4, 0.5) is 5.82 Å². The Bertz CT molecular complexity index is 1360. The van der Waals surface area contributed by atoms with Gasteiger partial charge in [-0.1, -0.05) is 32.0 Å². The first kappa shape index (κ1) is 24.7. The summed E-state index contributed by atoms with van der Waals surface area (Å²) in [5.74, 6) is 1.94. The molecule has 1 aliphatic rings. The summed E-state index contributed by atoms with van der Waals surface area (Å²) in [4.78, 5) is 21.2. The van der Waals surface area contributed by atoms with Crippen LogP contribution in [0.5, 0.6) is 11.5 Å². The van der Waals surface area contributed by atoms with E-state index in [4.69, 9.17) is 21.3 Å². The smallest absolute Gasteiger partial charge is 0.237 e. The van der Waals surface area contributed by atoms with Gasteiger partial charge in [-0.15, -0.1) is 0 Å². The number of para-hydroxylation sites is 1. The molecule has 5 N–H and O–H groups in total. The quantitative estimate of drug-likeness (QED) is 0.342. The second-order valence-corrected chi connectivity index (χ2v) is 9.97. The molecule has 0 radical (unpaired) electrons. The van der Waals surface area contributed by atoms with Crippen molar-refractivity contribution in [1.82, 2.24) is 25.1 Å². The number of nitrogens with two attached hydrogens (primary N) is 2. The minimum atomic E-state index is -0.487. The molecule has 1 fully saturated rings. The lowest BCUT2D eigenvalue weighted by atomic mass is 9.90. The Kier molecular flexibility index (Phi) is 7.05. The molecular formula is C28H33N7O2. The van der Waals surface area contributed by atoms with E-state index in [-0.39, 0.29) is 23.9 Å². The van der Waals surface area contributed by atoms with Gasteiger partial charge >= 0.3 is 0 Å². The molecule has 0 saturated heterocycles. The van der Waals surface area contributed by atoms with Crippen LogP contribution in [0.15, 0.2) is 60.9 Å². The van der Waals surface area contributed by atoms with Gasteiger partial charge in [0.15, 0.2) is 5.65 Å². The highest BCUT2D eigenvalue weighted by Crippen LogP contribution is 2.36. The largest absolute Gasteiger partial charge is 0.457 e. The molecule has 1 atom stereocenters. The zero-order valence-electron chi connectivity index (χ0n) is 21.2. The Labute approximate surface area is 216 Å². The van der Waals surface area contributed by atoms with Crippen molar-refractivity contribution in [2.45, 2.75) is 57.7 Å². The van der Waals surface area contributed by atoms with Crippen LogP contribution in [0.25, 0.3) is 22.3 Å². The molecule has 5 rings (SSSR count). The number of amides is 1. The van der Waals surface area contributed by atoms with Crippen molar-refractivity contribution in [1.29, 1.82) is 0 Å². The van der Waals surface area contributed by atoms with Gasteiger partial charge in [0.1, 0.15) is 29.3 Å². The molecule has 1 aliphatic carbocycles. The number of carbonyl (C=O) groups is 1. The van der Waals surface area contributed by atoms with E-state index in [2.05, 4.69) is 15.3 Å². The Morgan fingerprint density at radius 3 is 2.35 bits per heavy atom. The summed E-state index contributed by atoms with van der Waals surface area (Å²) in [5.41, 5.74) is 14.7. The molecule has 0 spiro atoms. The molecule has 0 aliphatic heterocycles. The van der Waals surface area contributed by atoms with E-state index < -0.39 is 6.04 Å². The van der Waals surface area contributed by atoms with Gasteiger partial charge in [-0.2, -0.15) is 5.10 Å². The zero-order valence-corrected chi connectivity index (χ0v) is 21.2. The highest BCUT2D eigenvalue weighted by Gasteiger charge is 2.29. The molecule has 4 aromatic rings. The van der Waals surface area contributed by atoms with Gasteiger partial charge in [0.05, 0.1) is 17.5 Å². The second-order valence-electron chi connectivity index (χ2n) is 9.97. The van der Waals surface area contributed by atoms with Crippen LogP contribution in [0.1, 0.15) is 45.6 Å². The number of benzene rings is 2. The molecule has 37 heavy (non-hydrogen) atoms. The van der Waals surface area contributed by atoms with Gasteiger partial charge in [-0.25, -0.2) is 14.6 Å². The van der Waals surface area contributed by atoms with Crippen LogP contribution in [0.3, 0.4) is 0 Å². The van der Waals surface area contributed by atoms with E-state index in [1.807, 2.05) is 73.1 Å². The predicted octanol–water partition coefficient (Wildman–Crippen LogP) is 4.45. The van der Waals surface area contributed by atoms with Gasteiger partial charge in [0.2, 0.25) is 5.91 Å². The molecule has 1 amide bonds. The molecule has 9 nitrogen and oxygen atoms in total. The van der Waals surface area contributed by atoms with Crippen molar-refractivity contribution in [2.75, 3.05) is 5.73 Å². The summed E-state index contributed by atoms with van der Waals surface area (Å²) < 4.78 is 7.91. The van der Waals surface area contributed by atoms with E-state index in [1.165, 1.54) is 6.33 Å². The Hall–Kier alpha value is -3.98. The van der Waals surface area contributed by atoms with E-state index in [0.29, 0.717) is 5.82 Å². The maximum absolute atomic E-state index is 12.4. The number of rotatable bonds is 7. The number of nitrogens with zero attached hydrogens (tertiary/aromatic N) is 4. The van der Waals surface area contributed by atoms with Crippen molar-refractivity contribution in [2.24, 2.45) is 11.7 Å². The highest BCUT2D eigenvalue weighted by atomic mass is 16.5. The van der Waals surface area contributed by atoms with Crippen molar-refractivity contribution in [3.8, 4) is 22.8 Å². The molecule has 2 aromatic heterocycles. The minimum absolute atomic E-state index is 0.0783. The second kappa shape index (κ2) is 10.6. The summed E-state index contributed by atoms with van der Waals surface area (Å²) >= 11 is 0. The fourth-order valence-corrected chi connectivity index (χ4v) is 4.82. The molecule has 1 saturated carbocycles. The SMILES string of the molecule is CC(C)[C@@H](N)C(=O)NC1CCC(n2nc(-c3ccc(Oc4ccccc4)cc3)c3c(N)ncnc32)CC1. The summed E-state index contributed by atoms with van der Waals surface area (Å²) in [6.45, 7) is 3.91. The number of nitrogen functional groups attached to an aromatic ring is 1. The lowest BCUT2D eigenvalue weighted by Gasteiger charge is -2.30. The van der Waals surface area contributed by atoms with Crippen LogP contribution >= 0.6 is 0 Å². The van der Waals surface area contributed by atoms with E-state index >= 15 is 0 Å². The van der Waals surface area contributed by atoms with Gasteiger partial charge in [-0.05, 0) is 68.0 Å². The molecule has 2 heterocycles. The van der Waals surface area contributed by atoms with E-state index in [9.17, 15) is 4.79 Å². The number of carbonyl (C=O) groups excluding carboxylic acids is 1. The average molecular weight is 500 g/mol. The van der Waals surface area contributed by atoms with Crippen LogP contribution in [0, 0.1) is 5.92 Å². The third-order valence-electron chi connectivity index (χ3n) is 7.03. The maximum Gasteiger partial charge on any atom is 0.237 e. The lowest BCUT2D eigenvalue weighted by molar-refractivity contribution is -0.124. The Morgan fingerprint density at radius 1 is 1.00 bits per heavy atom. The predicted molar refractivity (Wildman–Crippen MR) is 144 cm³/mol. The standard InChI is InChI=1S/C28H33N7O2/c1-17(2)24(29)28(36)33-19-10-12-20(13-11-19)35-27-23(26(30)31-16-32-27)25(34-35)18-8-14-22(15-9-18)37-21-6-4-3-5-7-21/h3-9,14-17,19-20,24H,10-13,29H2,1-2H3,(H,33,36)(H2,30,31,32)/t19?,20?,24-/m1/s1. The first-order chi connectivity index (χ1) is 17.9. The Morgan fingerprint density at radius 2 is 1.68 bits per heavy atom. The fraction of sp³-hybridized carbons (Fsp3) is 0.357. The van der Waals surface area contributed by atoms with Crippen molar-refractivity contribution in [3.63, 3.8) is 0 Å². The Balaban J connectivity index is 1.35. The summed E-state index contributed by atoms with van der Waals surface area (Å²) in [5, 5.41) is 8.85. The molecule has 9 heteroatoms. The fourth-order valence-electron chi connectivity index (χ4n) is 4.82. The third-order valence-corrected chi connectivity index (χ3v) is 7.03. The molecule has 0 bridgehead atoms. The van der Waals surface area contributed by atoms with Crippen LogP contribution in [-0.2, 0) is 4.79 Å². The van der Waals surface area contributed by atoms with E-state index in [1.54, 1.807) is 0 Å². The number of aromatic nitrogens is 4. The van der Waals surface area contributed by atoms with Crippen molar-refractivity contribution < 1.29 is 9.53 Å². The molecule has 0 unspecified atom stereocenters. The number of anilines is 1. The summed E-state index contributed by atoms with van der Waals surface area (Å²) in [7, 11) is 0. The molecular weight excluding hydrogens is 466 g/mol. The lowest BCUT2D eigenvalue weighted by Crippen LogP contribution is -2.48. The van der Waals surface area contributed by atoms with Gasteiger partial charge in [0, 0.05) is 11.6 Å². The van der Waals surface area contributed by atoms with Gasteiger partial charge in [0.25, 0.3) is 0 Å². The number of hydrogen-bond acceptors (Lipinski definition) is 7. The van der Waals surface area contributed by atoms with Crippen molar-refractivity contribution in [3.05, 3.63) is 60.9 Å². The van der Waals surface area contributed by atoms with Gasteiger partial charge < -0.3 is 21.5 Å². The van der Waals surface area contributed by atoms with Gasteiger partial charge in [-0.3, -0.25) is 4.79 Å². The first-order valence-corrected chi connectivity index (χ1v) is 12.8. The third kappa shape index (κ3) is 5.27. The van der Waals surface area contributed by atoms with Crippen LogP contribution in [-0.4, -0.2) is 37.7 Å². The number of fused-ring (bicyclic) bond motifs is 1. The topological polar surface area (TPSA) is 134 Å². The first-order valence-electron chi connectivity index (χ1n) is 12.8. The number of hydrogen-bond donors (Lipinski definition) is 3. The maximum atomic E-state index is 12.4. The number of ether oxygens (including phenoxy) is 1. The molecule has 2 aromatic carbocycles. The summed E-state index contributed by atoms with van der Waals surface area (Å²) in [6.07, 6.45) is 4.92. The van der Waals surface area contributed by atoms with E-state index in [0.717, 1.165) is 59.5 Å². The monoisotopic (exact) mass is 499 g/mol. The van der Waals surface area contributed by atoms with Crippen molar-refractivity contribution >= 4 is 22.8 Å². The molecule has 192 valence electrons. The summed E-state index contributed by atoms with van der Waals surface area (Å²) in [6, 6.07) is 17.2. The van der Waals surface area contributed by atoms with Crippen LogP contribution < -0.4 is 21.5 Å². The van der Waals surface area contributed by atoms with Crippen LogP contribution in [0.2, 0.25) is 0 Å². The number of nitrogens with one attached hydrogen (secondary N) is 1. The average Bonchev–Trinajstić information content (AvgIpc) is 3.30. The highest BCUT2D eigenvalue weighted by molar-refractivity contribution is 5.98. The minimum Gasteiger partial charge on any atom is -0.457 e. The normalized spacial score (nSPS) is 18.6.